The van der Waals surface area contributed by atoms with Gasteiger partial charge in [-0.05, 0) is 43.2 Å². The van der Waals surface area contributed by atoms with Gasteiger partial charge >= 0.3 is 5.97 Å². The zero-order chi connectivity index (χ0) is 22.6. The van der Waals surface area contributed by atoms with E-state index < -0.39 is 22.0 Å². The maximum absolute atomic E-state index is 13.1. The van der Waals surface area contributed by atoms with Gasteiger partial charge in [-0.25, -0.2) is 18.2 Å². The molecule has 1 N–H and O–H groups in total. The van der Waals surface area contributed by atoms with Gasteiger partial charge in [0.25, 0.3) is 0 Å². The molecule has 0 radical (unpaired) electrons. The molecule has 0 bridgehead atoms. The summed E-state index contributed by atoms with van der Waals surface area (Å²) < 4.78 is 27.8. The first-order valence-electron chi connectivity index (χ1n) is 10.7. The molecule has 0 aliphatic carbocycles. The molecule has 0 saturated carbocycles. The van der Waals surface area contributed by atoms with Crippen molar-refractivity contribution in [3.05, 3.63) is 87.4 Å². The Kier molecular flexibility index (Phi) is 7.03. The lowest BCUT2D eigenvalue weighted by atomic mass is 10.1. The van der Waals surface area contributed by atoms with Crippen molar-refractivity contribution in [1.82, 2.24) is 9.29 Å². The van der Waals surface area contributed by atoms with Crippen molar-refractivity contribution in [2.45, 2.75) is 43.9 Å². The van der Waals surface area contributed by atoms with E-state index in [0.717, 1.165) is 36.2 Å². The molecular weight excluding hydrogens is 444 g/mol. The van der Waals surface area contributed by atoms with Crippen LogP contribution >= 0.6 is 11.3 Å². The number of aromatic nitrogens is 1. The smallest absolute Gasteiger partial charge is 0.347 e. The minimum atomic E-state index is -3.53. The van der Waals surface area contributed by atoms with E-state index in [2.05, 4.69) is 17.1 Å². The second-order valence-electron chi connectivity index (χ2n) is 7.98. The van der Waals surface area contributed by atoms with Crippen molar-refractivity contribution < 1.29 is 18.3 Å². The number of thiazole rings is 1. The third-order valence-corrected chi connectivity index (χ3v) is 8.70. The van der Waals surface area contributed by atoms with Crippen molar-refractivity contribution in [2.75, 3.05) is 6.54 Å². The van der Waals surface area contributed by atoms with Crippen LogP contribution in [0.4, 0.5) is 0 Å². The average Bonchev–Trinajstić information content (AvgIpc) is 3.43. The Morgan fingerprint density at radius 3 is 2.34 bits per heavy atom. The Labute approximate surface area is 192 Å². The topological polar surface area (TPSA) is 87.6 Å². The van der Waals surface area contributed by atoms with Gasteiger partial charge in [0.1, 0.15) is 9.88 Å². The van der Waals surface area contributed by atoms with Crippen LogP contribution in [-0.2, 0) is 28.6 Å². The van der Waals surface area contributed by atoms with Gasteiger partial charge in [0.2, 0.25) is 10.0 Å². The highest BCUT2D eigenvalue weighted by Gasteiger charge is 2.37. The second-order valence-corrected chi connectivity index (χ2v) is 10.9. The van der Waals surface area contributed by atoms with Crippen LogP contribution in [0.2, 0.25) is 0 Å². The van der Waals surface area contributed by atoms with Gasteiger partial charge in [0.05, 0.1) is 17.5 Å². The molecule has 0 spiro atoms. The fourth-order valence-electron chi connectivity index (χ4n) is 4.14. The fourth-order valence-corrected chi connectivity index (χ4v) is 7.09. The molecule has 1 aliphatic heterocycles. The molecule has 1 unspecified atom stereocenters. The van der Waals surface area contributed by atoms with Crippen LogP contribution in [-0.4, -0.2) is 35.3 Å². The number of hydrogen-bond donors (Lipinski definition) is 1. The molecule has 1 atom stereocenters. The molecule has 3 aromatic rings. The number of rotatable bonds is 9. The third kappa shape index (κ3) is 5.26. The van der Waals surface area contributed by atoms with Gasteiger partial charge in [-0.15, -0.1) is 11.3 Å². The number of nitrogens with zero attached hydrogens (tertiary/aromatic N) is 2. The van der Waals surface area contributed by atoms with E-state index in [9.17, 15) is 18.3 Å². The molecular formula is C24H26N2O4S2. The van der Waals surface area contributed by atoms with Gasteiger partial charge in [-0.2, -0.15) is 4.31 Å². The number of benzene rings is 2. The van der Waals surface area contributed by atoms with Gasteiger partial charge in [0, 0.05) is 6.54 Å². The molecule has 168 valence electrons. The van der Waals surface area contributed by atoms with Crippen molar-refractivity contribution in [2.24, 2.45) is 0 Å². The first-order chi connectivity index (χ1) is 15.4. The number of carbonyl (C=O) groups is 1. The summed E-state index contributed by atoms with van der Waals surface area (Å²) in [6.07, 6.45) is 3.58. The molecule has 1 aliphatic rings. The molecule has 32 heavy (non-hydrogen) atoms. The van der Waals surface area contributed by atoms with E-state index in [0.29, 0.717) is 30.1 Å². The summed E-state index contributed by atoms with van der Waals surface area (Å²) >= 11 is 1.12. The standard InChI is InChI=1S/C24H26N2O4S2/c27-24(28)22-20(14-7-13-18-9-3-1-4-10-18)25-23(31-22)21-15-8-16-26(21)32(29,30)17-19-11-5-2-6-12-19/h1-6,9-12,21H,7-8,13-17H2,(H,27,28). The van der Waals surface area contributed by atoms with Crippen molar-refractivity contribution in [1.29, 1.82) is 0 Å². The minimum absolute atomic E-state index is 0.0641. The van der Waals surface area contributed by atoms with E-state index in [-0.39, 0.29) is 10.6 Å². The summed E-state index contributed by atoms with van der Waals surface area (Å²) in [5.41, 5.74) is 2.50. The predicted octanol–water partition coefficient (Wildman–Crippen LogP) is 4.68. The molecule has 1 fully saturated rings. The Morgan fingerprint density at radius 2 is 1.69 bits per heavy atom. The number of sulfonamides is 1. The zero-order valence-corrected chi connectivity index (χ0v) is 19.3. The molecule has 6 nitrogen and oxygen atoms in total. The lowest BCUT2D eigenvalue weighted by Crippen LogP contribution is -2.31. The summed E-state index contributed by atoms with van der Waals surface area (Å²) in [6.45, 7) is 0.436. The Bertz CT molecular complexity index is 1160. The van der Waals surface area contributed by atoms with E-state index in [1.54, 1.807) is 12.1 Å². The highest BCUT2D eigenvalue weighted by atomic mass is 32.2. The van der Waals surface area contributed by atoms with Gasteiger partial charge in [-0.3, -0.25) is 0 Å². The van der Waals surface area contributed by atoms with E-state index in [1.807, 2.05) is 36.4 Å². The molecule has 2 heterocycles. The molecule has 1 saturated heterocycles. The lowest BCUT2D eigenvalue weighted by molar-refractivity contribution is 0.0700. The highest BCUT2D eigenvalue weighted by molar-refractivity contribution is 7.88. The number of aryl methyl sites for hydroxylation is 2. The van der Waals surface area contributed by atoms with E-state index >= 15 is 0 Å². The van der Waals surface area contributed by atoms with Crippen LogP contribution in [0.15, 0.2) is 60.7 Å². The number of aromatic carboxylic acids is 1. The van der Waals surface area contributed by atoms with Crippen LogP contribution in [0.1, 0.15) is 56.8 Å². The summed E-state index contributed by atoms with van der Waals surface area (Å²) in [5.74, 6) is -1.06. The molecule has 0 amide bonds. The SMILES string of the molecule is O=C(O)c1sc(C2CCCN2S(=O)(=O)Cc2ccccc2)nc1CCCc1ccccc1. The Balaban J connectivity index is 1.51. The van der Waals surface area contributed by atoms with Crippen LogP contribution in [0.25, 0.3) is 0 Å². The van der Waals surface area contributed by atoms with Crippen molar-refractivity contribution in [3.63, 3.8) is 0 Å². The van der Waals surface area contributed by atoms with E-state index in [4.69, 9.17) is 0 Å². The summed E-state index contributed by atoms with van der Waals surface area (Å²) in [6, 6.07) is 18.8. The van der Waals surface area contributed by atoms with E-state index in [1.165, 1.54) is 9.87 Å². The monoisotopic (exact) mass is 470 g/mol. The third-order valence-electron chi connectivity index (χ3n) is 5.67. The Morgan fingerprint density at radius 1 is 1.03 bits per heavy atom. The fraction of sp³-hybridized carbons (Fsp3) is 0.333. The van der Waals surface area contributed by atoms with Crippen LogP contribution in [0.5, 0.6) is 0 Å². The lowest BCUT2D eigenvalue weighted by Gasteiger charge is -2.22. The number of hydrogen-bond acceptors (Lipinski definition) is 5. The summed E-state index contributed by atoms with van der Waals surface area (Å²) in [7, 11) is -3.53. The molecule has 4 rings (SSSR count). The zero-order valence-electron chi connectivity index (χ0n) is 17.7. The van der Waals surface area contributed by atoms with Gasteiger partial charge in [-0.1, -0.05) is 60.7 Å². The quantitative estimate of drug-likeness (QED) is 0.490. The maximum Gasteiger partial charge on any atom is 0.347 e. The second kappa shape index (κ2) is 9.94. The maximum atomic E-state index is 13.1. The van der Waals surface area contributed by atoms with Gasteiger partial charge < -0.3 is 5.11 Å². The highest BCUT2D eigenvalue weighted by Crippen LogP contribution is 2.38. The molecule has 1 aromatic heterocycles. The average molecular weight is 471 g/mol. The Hall–Kier alpha value is -2.55. The van der Waals surface area contributed by atoms with Crippen LogP contribution in [0.3, 0.4) is 0 Å². The van der Waals surface area contributed by atoms with Crippen LogP contribution < -0.4 is 0 Å². The van der Waals surface area contributed by atoms with Gasteiger partial charge in [0.15, 0.2) is 0 Å². The predicted molar refractivity (Wildman–Crippen MR) is 125 cm³/mol. The molecule has 8 heteroatoms. The number of carboxylic acid groups (broad SMARTS) is 1. The summed E-state index contributed by atoms with van der Waals surface area (Å²) in [5, 5.41) is 10.3. The van der Waals surface area contributed by atoms with Crippen LogP contribution in [0, 0.1) is 0 Å². The van der Waals surface area contributed by atoms with Crippen molar-refractivity contribution >= 4 is 27.3 Å². The minimum Gasteiger partial charge on any atom is -0.477 e. The first kappa shape index (κ1) is 22.6. The number of carboxylic acids is 1. The first-order valence-corrected chi connectivity index (χ1v) is 13.2. The van der Waals surface area contributed by atoms with Crippen molar-refractivity contribution in [3.8, 4) is 0 Å². The summed E-state index contributed by atoms with van der Waals surface area (Å²) in [4.78, 5) is 16.7. The normalized spacial score (nSPS) is 16.9. The largest absolute Gasteiger partial charge is 0.477 e. The molecule has 2 aromatic carbocycles.